The van der Waals surface area contributed by atoms with Crippen LogP contribution in [0.5, 0.6) is 0 Å². The van der Waals surface area contributed by atoms with Crippen LogP contribution < -0.4 is 5.32 Å². The average Bonchev–Trinajstić information content (AvgIpc) is 0.852. The minimum absolute atomic E-state index is 0.205. The highest BCUT2D eigenvalue weighted by Gasteiger charge is 2.51. The molecule has 0 aromatic rings. The monoisotopic (exact) mass is 1310 g/mol. The lowest BCUT2D eigenvalue weighted by atomic mass is 9.97. The van der Waals surface area contributed by atoms with Crippen molar-refractivity contribution in [1.82, 2.24) is 5.32 Å². The first kappa shape index (κ1) is 86.5. The van der Waals surface area contributed by atoms with Crippen molar-refractivity contribution < 1.29 is 64.6 Å². The van der Waals surface area contributed by atoms with E-state index in [1.165, 1.54) is 212 Å². The molecule has 12 atom stereocenters. The number of rotatable bonds is 64. The Morgan fingerprint density at radius 3 is 1.14 bits per heavy atom. The second kappa shape index (κ2) is 62.9. The number of aliphatic hydroxyl groups excluding tert-OH is 8. The van der Waals surface area contributed by atoms with Crippen LogP contribution in [-0.2, 0) is 23.7 Å². The number of carbonyl (C=O) groups is 1. The summed E-state index contributed by atoms with van der Waals surface area (Å²) < 4.78 is 23.0. The molecule has 0 aliphatic carbocycles. The Kier molecular flexibility index (Phi) is 58.5. The third-order valence-corrected chi connectivity index (χ3v) is 18.7. The van der Waals surface area contributed by atoms with Gasteiger partial charge in [-0.1, -0.05) is 331 Å². The zero-order chi connectivity index (χ0) is 67.3. The SMILES string of the molecule is CC/C=C\C/C=C\C/C=C\C/C=C\C/C=C\C/C=C\CCCCCCCCCCCCCCCCC(=O)NC(COC1OC(CO)C(OC2OC(CO)C(O)C(O)C2O)C(O)C1O)C(O)CCCCCCCCCCCCCCCCCCCCCCCCCCCC. The van der Waals surface area contributed by atoms with Crippen LogP contribution in [0.2, 0.25) is 0 Å². The van der Waals surface area contributed by atoms with Gasteiger partial charge in [0.1, 0.15) is 48.8 Å². The number of carbonyl (C=O) groups excluding carboxylic acids is 1. The molecule has 0 aromatic heterocycles. The molecular weight excluding hydrogens is 1170 g/mol. The van der Waals surface area contributed by atoms with E-state index in [0.29, 0.717) is 12.8 Å². The fourth-order valence-electron chi connectivity index (χ4n) is 12.6. The molecule has 0 radical (unpaired) electrons. The zero-order valence-corrected chi connectivity index (χ0v) is 59.2. The summed E-state index contributed by atoms with van der Waals surface area (Å²) in [5.74, 6) is -0.205. The van der Waals surface area contributed by atoms with Gasteiger partial charge in [-0.2, -0.15) is 0 Å². The summed E-state index contributed by atoms with van der Waals surface area (Å²) >= 11 is 0. The van der Waals surface area contributed by atoms with Gasteiger partial charge >= 0.3 is 0 Å². The van der Waals surface area contributed by atoms with E-state index >= 15 is 0 Å². The van der Waals surface area contributed by atoms with Crippen LogP contribution in [0, 0.1) is 0 Å². The van der Waals surface area contributed by atoms with E-state index in [-0.39, 0.29) is 12.5 Å². The Morgan fingerprint density at radius 1 is 0.398 bits per heavy atom. The molecule has 0 aromatic carbocycles. The molecule has 2 saturated heterocycles. The van der Waals surface area contributed by atoms with Crippen molar-refractivity contribution in [2.75, 3.05) is 19.8 Å². The number of hydrogen-bond donors (Lipinski definition) is 9. The van der Waals surface area contributed by atoms with Gasteiger partial charge in [0.15, 0.2) is 12.6 Å². The molecule has 2 rings (SSSR count). The fourth-order valence-corrected chi connectivity index (χ4v) is 12.6. The smallest absolute Gasteiger partial charge is 0.220 e. The van der Waals surface area contributed by atoms with E-state index in [9.17, 15) is 45.6 Å². The Hall–Kier alpha value is -2.57. The van der Waals surface area contributed by atoms with Crippen LogP contribution >= 0.6 is 0 Å². The molecule has 1 amide bonds. The van der Waals surface area contributed by atoms with E-state index < -0.39 is 86.8 Å². The number of amides is 1. The fraction of sp³-hybridized carbons (Fsp3) is 0.835. The summed E-state index contributed by atoms with van der Waals surface area (Å²) in [6.45, 7) is 2.79. The van der Waals surface area contributed by atoms with Gasteiger partial charge in [-0.3, -0.25) is 4.79 Å². The minimum Gasteiger partial charge on any atom is -0.394 e. The summed E-state index contributed by atoms with van der Waals surface area (Å²) in [5.41, 5.74) is 0. The van der Waals surface area contributed by atoms with E-state index in [2.05, 4.69) is 92.1 Å². The molecule has 0 bridgehead atoms. The van der Waals surface area contributed by atoms with Gasteiger partial charge < -0.3 is 65.1 Å². The van der Waals surface area contributed by atoms with Crippen molar-refractivity contribution in [2.24, 2.45) is 0 Å². The summed E-state index contributed by atoms with van der Waals surface area (Å²) in [4.78, 5) is 13.4. The topological polar surface area (TPSA) is 228 Å². The minimum atomic E-state index is -1.79. The Labute approximate surface area is 568 Å². The van der Waals surface area contributed by atoms with E-state index in [0.717, 1.165) is 89.9 Å². The number of unbranched alkanes of at least 4 members (excludes halogenated alkanes) is 39. The number of nitrogens with one attached hydrogen (secondary N) is 1. The maximum absolute atomic E-state index is 13.4. The first-order valence-electron chi connectivity index (χ1n) is 38.7. The normalized spacial score (nSPS) is 22.9. The molecule has 542 valence electrons. The van der Waals surface area contributed by atoms with Gasteiger partial charge in [0, 0.05) is 6.42 Å². The zero-order valence-electron chi connectivity index (χ0n) is 59.2. The van der Waals surface area contributed by atoms with E-state index in [4.69, 9.17) is 18.9 Å². The lowest BCUT2D eigenvalue weighted by Gasteiger charge is -2.46. The predicted octanol–water partition coefficient (Wildman–Crippen LogP) is 17.0. The first-order chi connectivity index (χ1) is 45.6. The van der Waals surface area contributed by atoms with Crippen molar-refractivity contribution >= 4 is 5.91 Å². The Balaban J connectivity index is 1.63. The molecule has 14 nitrogen and oxygen atoms in total. The van der Waals surface area contributed by atoms with Gasteiger partial charge in [-0.15, -0.1) is 0 Å². The molecule has 93 heavy (non-hydrogen) atoms. The van der Waals surface area contributed by atoms with Crippen molar-refractivity contribution in [3.63, 3.8) is 0 Å². The Bertz CT molecular complexity index is 1840. The molecule has 2 aliphatic rings. The predicted molar refractivity (Wildman–Crippen MR) is 383 cm³/mol. The highest BCUT2D eigenvalue weighted by atomic mass is 16.7. The maximum atomic E-state index is 13.4. The summed E-state index contributed by atoms with van der Waals surface area (Å²) in [6, 6.07) is -0.834. The van der Waals surface area contributed by atoms with Crippen molar-refractivity contribution in [3.05, 3.63) is 72.9 Å². The molecule has 0 saturated carbocycles. The summed E-state index contributed by atoms with van der Waals surface area (Å²) in [7, 11) is 0. The van der Waals surface area contributed by atoms with Crippen molar-refractivity contribution in [3.8, 4) is 0 Å². The maximum Gasteiger partial charge on any atom is 0.220 e. The first-order valence-corrected chi connectivity index (χ1v) is 38.7. The van der Waals surface area contributed by atoms with Crippen LogP contribution in [0.3, 0.4) is 0 Å². The van der Waals surface area contributed by atoms with Gasteiger partial charge in [-0.25, -0.2) is 0 Å². The second-order valence-electron chi connectivity index (χ2n) is 27.1. The second-order valence-corrected chi connectivity index (χ2v) is 27.1. The van der Waals surface area contributed by atoms with E-state index in [1.807, 2.05) is 0 Å². The van der Waals surface area contributed by atoms with Crippen molar-refractivity contribution in [1.29, 1.82) is 0 Å². The largest absolute Gasteiger partial charge is 0.394 e. The highest BCUT2D eigenvalue weighted by molar-refractivity contribution is 5.76. The Morgan fingerprint density at radius 2 is 0.742 bits per heavy atom. The average molecular weight is 1320 g/mol. The molecule has 14 heteroatoms. The molecule has 0 spiro atoms. The van der Waals surface area contributed by atoms with Gasteiger partial charge in [0.05, 0.1) is 32.0 Å². The standard InChI is InChI=1S/C79H143NO13/c1-3-5-7-9-11-13-15-17-19-21-23-25-27-29-31-32-33-34-35-36-37-39-41-43-45-47-49-51-53-55-57-59-61-63-71(84)80-67(66-90-78-76(89)74(87)77(70(65-82)92-78)93-79-75(88)73(86)72(85)69(64-81)91-79)68(83)62-60-58-56-54-52-50-48-46-44-42-40-38-30-28-26-24-22-20-18-16-14-12-10-8-6-4-2/h5,7,11,13,17,19,23,25,29,31,33-34,67-70,72-79,81-83,85-89H,3-4,6,8-10,12,14-16,18,20-22,24,26-28,30,32,35-66H2,1-2H3,(H,80,84)/b7-5-,13-11-,19-17-,25-23-,31-29-,34-33-. The summed E-state index contributed by atoms with van der Waals surface area (Å²) in [6.07, 6.45) is 69.2. The number of aliphatic hydroxyl groups is 8. The number of ether oxygens (including phenoxy) is 4. The molecule has 9 N–H and O–H groups in total. The van der Waals surface area contributed by atoms with Crippen LogP contribution in [-0.4, -0.2) is 140 Å². The molecule has 2 fully saturated rings. The third kappa shape index (κ3) is 46.4. The van der Waals surface area contributed by atoms with E-state index in [1.54, 1.807) is 0 Å². The van der Waals surface area contributed by atoms with Gasteiger partial charge in [-0.05, 0) is 64.2 Å². The number of hydrogen-bond acceptors (Lipinski definition) is 13. The molecule has 2 heterocycles. The quantitative estimate of drug-likeness (QED) is 0.0204. The van der Waals surface area contributed by atoms with Crippen molar-refractivity contribution in [2.45, 2.75) is 402 Å². The molecule has 2 aliphatic heterocycles. The molecule has 12 unspecified atom stereocenters. The lowest BCUT2D eigenvalue weighted by Crippen LogP contribution is -2.65. The van der Waals surface area contributed by atoms with Gasteiger partial charge in [0.2, 0.25) is 5.91 Å². The van der Waals surface area contributed by atoms with Crippen LogP contribution in [0.15, 0.2) is 72.9 Å². The summed E-state index contributed by atoms with van der Waals surface area (Å²) in [5, 5.41) is 87.8. The van der Waals surface area contributed by atoms with Crippen LogP contribution in [0.4, 0.5) is 0 Å². The number of allylic oxidation sites excluding steroid dienone is 12. The van der Waals surface area contributed by atoms with Crippen LogP contribution in [0.1, 0.15) is 328 Å². The van der Waals surface area contributed by atoms with Gasteiger partial charge in [0.25, 0.3) is 0 Å². The highest BCUT2D eigenvalue weighted by Crippen LogP contribution is 2.30. The lowest BCUT2D eigenvalue weighted by molar-refractivity contribution is -0.359. The van der Waals surface area contributed by atoms with Crippen LogP contribution in [0.25, 0.3) is 0 Å². The molecular formula is C79H143NO13. The third-order valence-electron chi connectivity index (χ3n) is 18.7.